The second kappa shape index (κ2) is 13.0. The number of benzene rings is 1. The first-order valence-electron chi connectivity index (χ1n) is 12.7. The zero-order chi connectivity index (χ0) is 23.6. The molecule has 0 unspecified atom stereocenters. The molecule has 6 heteroatoms. The number of ether oxygens (including phenoxy) is 2. The van der Waals surface area contributed by atoms with Gasteiger partial charge in [0.05, 0.1) is 12.0 Å². The maximum atomic E-state index is 13.7. The minimum Gasteiger partial charge on any atom is -0.426 e. The summed E-state index contributed by atoms with van der Waals surface area (Å²) in [6.45, 7) is 3.07. The van der Waals surface area contributed by atoms with Crippen molar-refractivity contribution in [2.75, 3.05) is 6.61 Å². The van der Waals surface area contributed by atoms with E-state index >= 15 is 0 Å². The lowest BCUT2D eigenvalue weighted by atomic mass is 9.80. The summed E-state index contributed by atoms with van der Waals surface area (Å²) in [4.78, 5) is 12.4. The van der Waals surface area contributed by atoms with Crippen LogP contribution in [0.25, 0.3) is 0 Å². The Morgan fingerprint density at radius 1 is 0.970 bits per heavy atom. The molecule has 33 heavy (non-hydrogen) atoms. The number of nitriles is 1. The third kappa shape index (κ3) is 7.78. The van der Waals surface area contributed by atoms with Crippen LogP contribution in [0.3, 0.4) is 0 Å². The zero-order valence-corrected chi connectivity index (χ0v) is 19.8. The van der Waals surface area contributed by atoms with Crippen molar-refractivity contribution in [1.29, 1.82) is 5.26 Å². The molecule has 2 saturated carbocycles. The molecule has 0 amide bonds. The molecule has 0 aromatic heterocycles. The fourth-order valence-corrected chi connectivity index (χ4v) is 5.20. The maximum absolute atomic E-state index is 13.7. The Labute approximate surface area is 196 Å². The smallest absolute Gasteiger partial charge is 0.314 e. The van der Waals surface area contributed by atoms with E-state index in [2.05, 4.69) is 6.92 Å². The van der Waals surface area contributed by atoms with Crippen LogP contribution in [0.5, 0.6) is 5.75 Å². The van der Waals surface area contributed by atoms with E-state index in [1.807, 2.05) is 0 Å². The van der Waals surface area contributed by atoms with Gasteiger partial charge in [-0.3, -0.25) is 4.79 Å². The van der Waals surface area contributed by atoms with E-state index in [1.165, 1.54) is 63.9 Å². The summed E-state index contributed by atoms with van der Waals surface area (Å²) >= 11 is 0. The van der Waals surface area contributed by atoms with Gasteiger partial charge in [-0.2, -0.15) is 5.26 Å². The number of esters is 1. The summed E-state index contributed by atoms with van der Waals surface area (Å²) in [6, 6.07) is 3.22. The predicted octanol–water partition coefficient (Wildman–Crippen LogP) is 7.09. The summed E-state index contributed by atoms with van der Waals surface area (Å²) in [6.07, 6.45) is 15.0. The van der Waals surface area contributed by atoms with Crippen LogP contribution >= 0.6 is 0 Å². The summed E-state index contributed by atoms with van der Waals surface area (Å²) in [5.41, 5.74) is -0.673. The quantitative estimate of drug-likeness (QED) is 0.212. The van der Waals surface area contributed by atoms with Crippen LogP contribution in [0.15, 0.2) is 12.1 Å². The Bertz CT molecular complexity index is 783. The first-order valence-corrected chi connectivity index (χ1v) is 12.7. The number of halogens is 2. The summed E-state index contributed by atoms with van der Waals surface area (Å²) in [5.74, 6) is -1.47. The van der Waals surface area contributed by atoms with E-state index in [-0.39, 0.29) is 17.8 Å². The number of unbranched alkanes of at least 4 members (excludes halogenated alkanes) is 3. The molecular formula is C27H37F2NO3. The van der Waals surface area contributed by atoms with Crippen LogP contribution in [0.2, 0.25) is 0 Å². The van der Waals surface area contributed by atoms with Gasteiger partial charge in [0.15, 0.2) is 0 Å². The number of nitrogens with zero attached hydrogens (tertiary/aromatic N) is 1. The molecule has 3 rings (SSSR count). The lowest BCUT2D eigenvalue weighted by Gasteiger charge is -2.31. The van der Waals surface area contributed by atoms with E-state index < -0.39 is 23.2 Å². The number of rotatable bonds is 10. The van der Waals surface area contributed by atoms with E-state index in [1.54, 1.807) is 0 Å². The lowest BCUT2D eigenvalue weighted by molar-refractivity contribution is -0.141. The average Bonchev–Trinajstić information content (AvgIpc) is 2.81. The number of hydrogen-bond acceptors (Lipinski definition) is 4. The largest absolute Gasteiger partial charge is 0.426 e. The van der Waals surface area contributed by atoms with Crippen molar-refractivity contribution in [1.82, 2.24) is 0 Å². The zero-order valence-electron chi connectivity index (χ0n) is 19.8. The normalized spacial score (nSPS) is 25.4. The van der Waals surface area contributed by atoms with Crippen molar-refractivity contribution in [3.05, 3.63) is 29.3 Å². The third-order valence-corrected chi connectivity index (χ3v) is 7.35. The van der Waals surface area contributed by atoms with Gasteiger partial charge in [-0.05, 0) is 50.4 Å². The van der Waals surface area contributed by atoms with Gasteiger partial charge in [0.1, 0.15) is 29.0 Å². The highest BCUT2D eigenvalue weighted by Crippen LogP contribution is 2.34. The molecule has 2 aliphatic carbocycles. The fraction of sp³-hybridized carbons (Fsp3) is 0.704. The van der Waals surface area contributed by atoms with Crippen molar-refractivity contribution < 1.29 is 23.0 Å². The van der Waals surface area contributed by atoms with E-state index in [0.717, 1.165) is 37.5 Å². The van der Waals surface area contributed by atoms with Gasteiger partial charge in [0.2, 0.25) is 0 Å². The summed E-state index contributed by atoms with van der Waals surface area (Å²) in [5, 5.41) is 8.74. The second-order valence-corrected chi connectivity index (χ2v) is 9.84. The third-order valence-electron chi connectivity index (χ3n) is 7.35. The average molecular weight is 462 g/mol. The number of carbonyl (C=O) groups is 1. The standard InChI is InChI=1S/C27H37F2NO3/c1-2-3-4-5-6-19-7-9-20(10-8-19)18-32-22-13-11-21(12-14-22)27(31)33-23-15-25(28)24(17-30)26(29)16-23/h15-16,19-22H,2-14,18H2,1H3. The van der Waals surface area contributed by atoms with E-state index in [0.29, 0.717) is 18.8 Å². The van der Waals surface area contributed by atoms with Crippen LogP contribution in [0.4, 0.5) is 8.78 Å². The number of carbonyl (C=O) groups excluding carboxylic acids is 1. The van der Waals surface area contributed by atoms with Gasteiger partial charge in [-0.1, -0.05) is 51.9 Å². The van der Waals surface area contributed by atoms with Crippen molar-refractivity contribution in [2.45, 2.75) is 96.5 Å². The van der Waals surface area contributed by atoms with Crippen molar-refractivity contribution >= 4 is 5.97 Å². The van der Waals surface area contributed by atoms with Gasteiger partial charge in [0, 0.05) is 18.7 Å². The summed E-state index contributed by atoms with van der Waals surface area (Å²) < 4.78 is 38.8. The molecule has 0 heterocycles. The maximum Gasteiger partial charge on any atom is 0.314 e. The molecule has 0 saturated heterocycles. The van der Waals surface area contributed by atoms with Crippen molar-refractivity contribution in [2.24, 2.45) is 17.8 Å². The molecule has 4 nitrogen and oxygen atoms in total. The molecular weight excluding hydrogens is 424 g/mol. The SMILES string of the molecule is CCCCCCC1CCC(COC2CCC(C(=O)Oc3cc(F)c(C#N)c(F)c3)CC2)CC1. The first kappa shape index (κ1) is 25.6. The molecule has 1 aromatic carbocycles. The molecule has 0 bridgehead atoms. The Balaban J connectivity index is 1.33. The van der Waals surface area contributed by atoms with Crippen molar-refractivity contribution in [3.8, 4) is 11.8 Å². The van der Waals surface area contributed by atoms with Crippen LogP contribution in [0, 0.1) is 40.7 Å². The topological polar surface area (TPSA) is 59.3 Å². The Morgan fingerprint density at radius 3 is 2.21 bits per heavy atom. The highest BCUT2D eigenvalue weighted by molar-refractivity contribution is 5.75. The highest BCUT2D eigenvalue weighted by atomic mass is 19.1. The van der Waals surface area contributed by atoms with Crippen LogP contribution < -0.4 is 4.74 Å². The molecule has 0 radical (unpaired) electrons. The van der Waals surface area contributed by atoms with Crippen molar-refractivity contribution in [3.63, 3.8) is 0 Å². The first-order chi connectivity index (χ1) is 16.0. The lowest BCUT2D eigenvalue weighted by Crippen LogP contribution is -2.30. The molecule has 2 aliphatic rings. The van der Waals surface area contributed by atoms with Gasteiger partial charge in [-0.15, -0.1) is 0 Å². The van der Waals surface area contributed by atoms with Gasteiger partial charge in [0.25, 0.3) is 0 Å². The molecule has 2 fully saturated rings. The van der Waals surface area contributed by atoms with Crippen LogP contribution in [-0.4, -0.2) is 18.7 Å². The highest BCUT2D eigenvalue weighted by Gasteiger charge is 2.29. The number of hydrogen-bond donors (Lipinski definition) is 0. The Hall–Kier alpha value is -2.00. The van der Waals surface area contributed by atoms with Gasteiger partial charge >= 0.3 is 5.97 Å². The predicted molar refractivity (Wildman–Crippen MR) is 123 cm³/mol. The molecule has 0 atom stereocenters. The molecule has 0 spiro atoms. The molecule has 0 aliphatic heterocycles. The fourth-order valence-electron chi connectivity index (χ4n) is 5.20. The van der Waals surface area contributed by atoms with E-state index in [4.69, 9.17) is 14.7 Å². The van der Waals surface area contributed by atoms with Gasteiger partial charge < -0.3 is 9.47 Å². The Kier molecular flexibility index (Phi) is 10.1. The second-order valence-electron chi connectivity index (χ2n) is 9.84. The summed E-state index contributed by atoms with van der Waals surface area (Å²) in [7, 11) is 0. The van der Waals surface area contributed by atoms with Crippen LogP contribution in [-0.2, 0) is 9.53 Å². The Morgan fingerprint density at radius 2 is 1.61 bits per heavy atom. The molecule has 1 aromatic rings. The van der Waals surface area contributed by atoms with Crippen LogP contribution in [0.1, 0.15) is 96.0 Å². The minimum absolute atomic E-state index is 0.172. The van der Waals surface area contributed by atoms with E-state index in [9.17, 15) is 13.6 Å². The minimum atomic E-state index is -1.03. The monoisotopic (exact) mass is 461 g/mol. The molecule has 0 N–H and O–H groups in total. The van der Waals surface area contributed by atoms with Gasteiger partial charge in [-0.25, -0.2) is 8.78 Å². The molecule has 182 valence electrons.